The van der Waals surface area contributed by atoms with Crippen molar-refractivity contribution in [2.75, 3.05) is 0 Å². The van der Waals surface area contributed by atoms with Gasteiger partial charge < -0.3 is 0 Å². The van der Waals surface area contributed by atoms with Gasteiger partial charge in [-0.05, 0) is 24.5 Å². The van der Waals surface area contributed by atoms with Crippen LogP contribution in [0.15, 0.2) is 52.1 Å². The fourth-order valence-electron chi connectivity index (χ4n) is 1.12. The van der Waals surface area contributed by atoms with Crippen molar-refractivity contribution in [1.29, 1.82) is 0 Å². The minimum absolute atomic E-state index is 0.824. The molecule has 2 heteroatoms. The molecule has 0 aromatic rings. The molecule has 1 aliphatic rings. The van der Waals surface area contributed by atoms with Gasteiger partial charge in [-0.3, -0.25) is 4.99 Å². The van der Waals surface area contributed by atoms with Gasteiger partial charge in [-0.15, -0.1) is 0 Å². The van der Waals surface area contributed by atoms with Crippen LogP contribution in [0, 0.1) is 0 Å². The van der Waals surface area contributed by atoms with Crippen LogP contribution in [0.1, 0.15) is 26.7 Å². The van der Waals surface area contributed by atoms with E-state index in [4.69, 9.17) is 0 Å². The van der Waals surface area contributed by atoms with Crippen LogP contribution in [0.25, 0.3) is 0 Å². The fraction of sp³-hybridized carbons (Fsp3) is 0.308. The molecule has 0 amide bonds. The molecule has 0 spiro atoms. The Hall–Kier alpha value is -0.890. The van der Waals surface area contributed by atoms with Crippen molar-refractivity contribution in [3.63, 3.8) is 0 Å². The Morgan fingerprint density at radius 1 is 1.53 bits per heavy atom. The van der Waals surface area contributed by atoms with E-state index in [1.807, 2.05) is 13.8 Å². The molecule has 0 saturated heterocycles. The van der Waals surface area contributed by atoms with Gasteiger partial charge in [0.2, 0.25) is 0 Å². The van der Waals surface area contributed by atoms with Crippen molar-refractivity contribution in [3.8, 4) is 0 Å². The molecule has 15 heavy (non-hydrogen) atoms. The summed E-state index contributed by atoms with van der Waals surface area (Å²) in [5.41, 5.74) is 2.01. The number of rotatable bonds is 3. The first kappa shape index (κ1) is 14.1. The summed E-state index contributed by atoms with van der Waals surface area (Å²) >= 11 is 3.44. The highest BCUT2D eigenvalue weighted by molar-refractivity contribution is 9.11. The lowest BCUT2D eigenvalue weighted by Crippen LogP contribution is -1.91. The van der Waals surface area contributed by atoms with Crippen LogP contribution >= 0.6 is 15.9 Å². The molecule has 0 bridgehead atoms. The van der Waals surface area contributed by atoms with Gasteiger partial charge in [-0.1, -0.05) is 55.1 Å². The quantitative estimate of drug-likeness (QED) is 0.653. The van der Waals surface area contributed by atoms with Gasteiger partial charge in [0.15, 0.2) is 0 Å². The van der Waals surface area contributed by atoms with Gasteiger partial charge in [0, 0.05) is 10.7 Å². The Morgan fingerprint density at radius 2 is 2.20 bits per heavy atom. The predicted molar refractivity (Wildman–Crippen MR) is 73.5 cm³/mol. The lowest BCUT2D eigenvalue weighted by molar-refractivity contribution is 0.963. The summed E-state index contributed by atoms with van der Waals surface area (Å²) in [5.74, 6) is 0. The molecule has 0 aromatic carbocycles. The van der Waals surface area contributed by atoms with Crippen LogP contribution in [0.4, 0.5) is 0 Å². The Bertz CT molecular complexity index is 308. The van der Waals surface area contributed by atoms with Gasteiger partial charge in [-0.2, -0.15) is 0 Å². The lowest BCUT2D eigenvalue weighted by atomic mass is 10.0. The van der Waals surface area contributed by atoms with Gasteiger partial charge >= 0.3 is 0 Å². The molecule has 0 N–H and O–H groups in total. The maximum Gasteiger partial charge on any atom is 0.0590 e. The molecule has 1 aliphatic carbocycles. The van der Waals surface area contributed by atoms with Crippen LogP contribution in [0.2, 0.25) is 0 Å². The average molecular weight is 268 g/mol. The monoisotopic (exact) mass is 267 g/mol. The van der Waals surface area contributed by atoms with Gasteiger partial charge in [-0.25, -0.2) is 0 Å². The Balaban J connectivity index is 0.000000921. The summed E-state index contributed by atoms with van der Waals surface area (Å²) in [4.78, 5) is 4.15. The number of aliphatic imine (C=N–C) groups is 1. The Kier molecular flexibility index (Phi) is 7.92. The molecule has 1 nitrogen and oxygen atoms in total. The first-order valence-electron chi connectivity index (χ1n) is 5.14. The predicted octanol–water partition coefficient (Wildman–Crippen LogP) is 4.78. The zero-order valence-electron chi connectivity index (χ0n) is 9.46. The smallest absolute Gasteiger partial charge is 0.0590 e. The molecule has 0 unspecified atom stereocenters. The second-order valence-electron chi connectivity index (χ2n) is 2.76. The van der Waals surface area contributed by atoms with Crippen molar-refractivity contribution < 1.29 is 0 Å². The Morgan fingerprint density at radius 3 is 2.73 bits per heavy atom. The second kappa shape index (κ2) is 8.42. The summed E-state index contributed by atoms with van der Waals surface area (Å²) in [6.07, 6.45) is 9.59. The zero-order chi connectivity index (χ0) is 11.7. The van der Waals surface area contributed by atoms with Crippen molar-refractivity contribution in [1.82, 2.24) is 0 Å². The molecule has 0 aliphatic heterocycles. The zero-order valence-corrected chi connectivity index (χ0v) is 11.0. The molecule has 82 valence electrons. The lowest BCUT2D eigenvalue weighted by Gasteiger charge is -2.09. The van der Waals surface area contributed by atoms with Crippen LogP contribution in [-0.4, -0.2) is 6.21 Å². The van der Waals surface area contributed by atoms with Gasteiger partial charge in [0.05, 0.1) is 5.70 Å². The third-order valence-corrected chi connectivity index (χ3v) is 2.32. The van der Waals surface area contributed by atoms with E-state index in [0.29, 0.717) is 0 Å². The highest BCUT2D eigenvalue weighted by atomic mass is 79.9. The third-order valence-electron chi connectivity index (χ3n) is 1.77. The summed E-state index contributed by atoms with van der Waals surface area (Å²) < 4.78 is 1.11. The first-order valence-corrected chi connectivity index (χ1v) is 5.94. The average Bonchev–Trinajstić information content (AvgIpc) is 2.28. The standard InChI is InChI=1S/C11H12BrN.C2H6/c1-3-7-13-9(2)10-5-4-6-11(12)8-10;1-2/h3,6-8H,1-2,4-5H2;1-2H3. The molecule has 0 fully saturated rings. The van der Waals surface area contributed by atoms with Crippen LogP contribution in [0.3, 0.4) is 0 Å². The third kappa shape index (κ3) is 5.53. The van der Waals surface area contributed by atoms with Crippen LogP contribution < -0.4 is 0 Å². The molecular weight excluding hydrogens is 250 g/mol. The van der Waals surface area contributed by atoms with Crippen LogP contribution in [0.5, 0.6) is 0 Å². The number of allylic oxidation sites excluding steroid dienone is 5. The van der Waals surface area contributed by atoms with Gasteiger partial charge in [0.1, 0.15) is 0 Å². The summed E-state index contributed by atoms with van der Waals surface area (Å²) in [6.45, 7) is 11.5. The largest absolute Gasteiger partial charge is 0.257 e. The molecule has 0 saturated carbocycles. The van der Waals surface area contributed by atoms with E-state index in [0.717, 1.165) is 23.0 Å². The van der Waals surface area contributed by atoms with E-state index in [1.165, 1.54) is 5.57 Å². The van der Waals surface area contributed by atoms with Gasteiger partial charge in [0.25, 0.3) is 0 Å². The summed E-state index contributed by atoms with van der Waals surface area (Å²) in [7, 11) is 0. The molecular formula is C13H18BrN. The van der Waals surface area contributed by atoms with E-state index < -0.39 is 0 Å². The number of nitrogens with zero attached hydrogens (tertiary/aromatic N) is 1. The van der Waals surface area contributed by atoms with Crippen molar-refractivity contribution in [2.24, 2.45) is 4.99 Å². The normalized spacial score (nSPS) is 14.9. The molecule has 0 aromatic heterocycles. The molecule has 0 atom stereocenters. The molecule has 0 radical (unpaired) electrons. The van der Waals surface area contributed by atoms with E-state index in [2.05, 4.69) is 46.2 Å². The fourth-order valence-corrected chi connectivity index (χ4v) is 1.62. The highest BCUT2D eigenvalue weighted by Crippen LogP contribution is 2.25. The van der Waals surface area contributed by atoms with Crippen LogP contribution in [-0.2, 0) is 0 Å². The minimum Gasteiger partial charge on any atom is -0.257 e. The Labute approximate surface area is 101 Å². The molecule has 1 rings (SSSR count). The topological polar surface area (TPSA) is 12.4 Å². The van der Waals surface area contributed by atoms with Crippen molar-refractivity contribution in [2.45, 2.75) is 26.7 Å². The maximum atomic E-state index is 4.15. The number of halogens is 1. The first-order chi connectivity index (χ1) is 7.24. The summed E-state index contributed by atoms with van der Waals surface area (Å²) in [6, 6.07) is 0. The number of hydrogen-bond acceptors (Lipinski definition) is 1. The van der Waals surface area contributed by atoms with Crippen molar-refractivity contribution >= 4 is 22.1 Å². The SMILES string of the molecule is C=CC=NC(=C)C1=CC(Br)=CCC1.CC. The van der Waals surface area contributed by atoms with E-state index in [1.54, 1.807) is 12.3 Å². The molecule has 0 heterocycles. The second-order valence-corrected chi connectivity index (χ2v) is 3.67. The van der Waals surface area contributed by atoms with E-state index in [9.17, 15) is 0 Å². The van der Waals surface area contributed by atoms with E-state index in [-0.39, 0.29) is 0 Å². The van der Waals surface area contributed by atoms with E-state index >= 15 is 0 Å². The minimum atomic E-state index is 0.824. The highest BCUT2D eigenvalue weighted by Gasteiger charge is 2.05. The summed E-state index contributed by atoms with van der Waals surface area (Å²) in [5, 5.41) is 0. The maximum absolute atomic E-state index is 4.15. The number of hydrogen-bond donors (Lipinski definition) is 0. The van der Waals surface area contributed by atoms with Crippen molar-refractivity contribution in [3.05, 3.63) is 47.1 Å².